The summed E-state index contributed by atoms with van der Waals surface area (Å²) in [6, 6.07) is 8.50. The number of rotatable bonds is 3. The summed E-state index contributed by atoms with van der Waals surface area (Å²) in [6.07, 6.45) is 0. The van der Waals surface area contributed by atoms with Gasteiger partial charge in [-0.1, -0.05) is 0 Å². The summed E-state index contributed by atoms with van der Waals surface area (Å²) in [7, 11) is 1.58. The van der Waals surface area contributed by atoms with E-state index < -0.39 is 5.97 Å². The predicted octanol–water partition coefficient (Wildman–Crippen LogP) is 2.61. The lowest BCUT2D eigenvalue weighted by molar-refractivity contribution is 0.0689. The number of methoxy groups -OCH3 is 1. The first-order valence-electron chi connectivity index (χ1n) is 5.03. The maximum atomic E-state index is 10.7. The Morgan fingerprint density at radius 1 is 1.28 bits per heavy atom. The zero-order chi connectivity index (χ0) is 13.1. The molecule has 0 fully saturated rings. The van der Waals surface area contributed by atoms with Crippen molar-refractivity contribution in [3.8, 4) is 17.0 Å². The highest BCUT2D eigenvalue weighted by atomic mass is 79.9. The number of benzene rings is 1. The fraction of sp³-hybridized carbons (Fsp3) is 0.0833. The fourth-order valence-electron chi connectivity index (χ4n) is 1.43. The molecule has 0 saturated heterocycles. The molecule has 2 aromatic rings. The molecule has 0 unspecified atom stereocenters. The van der Waals surface area contributed by atoms with Crippen molar-refractivity contribution in [1.29, 1.82) is 0 Å². The summed E-state index contributed by atoms with van der Waals surface area (Å²) in [5.74, 6) is -0.376. The number of carboxylic acid groups (broad SMARTS) is 1. The second-order valence-electron chi connectivity index (χ2n) is 3.46. The van der Waals surface area contributed by atoms with E-state index in [0.29, 0.717) is 11.4 Å². The molecule has 1 N–H and O–H groups in total. The van der Waals surface area contributed by atoms with Crippen LogP contribution in [0.3, 0.4) is 0 Å². The minimum Gasteiger partial charge on any atom is -0.496 e. The van der Waals surface area contributed by atoms with Crippen molar-refractivity contribution in [1.82, 2.24) is 10.2 Å². The smallest absolute Gasteiger partial charge is 0.356 e. The summed E-state index contributed by atoms with van der Waals surface area (Å²) in [4.78, 5) is 10.7. The van der Waals surface area contributed by atoms with Gasteiger partial charge >= 0.3 is 5.97 Å². The number of halogens is 1. The van der Waals surface area contributed by atoms with Gasteiger partial charge in [0.25, 0.3) is 0 Å². The van der Waals surface area contributed by atoms with Crippen LogP contribution in [0.4, 0.5) is 0 Å². The Kier molecular flexibility index (Phi) is 3.57. The number of ether oxygens (including phenoxy) is 1. The van der Waals surface area contributed by atoms with Crippen molar-refractivity contribution in [2.75, 3.05) is 7.11 Å². The molecular formula is C12H9BrN2O3. The minimum atomic E-state index is -1.09. The quantitative estimate of drug-likeness (QED) is 0.943. The van der Waals surface area contributed by atoms with Crippen LogP contribution in [0.2, 0.25) is 0 Å². The van der Waals surface area contributed by atoms with Gasteiger partial charge in [-0.2, -0.15) is 0 Å². The molecule has 6 heteroatoms. The van der Waals surface area contributed by atoms with Gasteiger partial charge in [-0.3, -0.25) is 0 Å². The van der Waals surface area contributed by atoms with Crippen LogP contribution in [-0.2, 0) is 0 Å². The Morgan fingerprint density at radius 2 is 2.06 bits per heavy atom. The van der Waals surface area contributed by atoms with E-state index in [-0.39, 0.29) is 5.69 Å². The molecule has 92 valence electrons. The molecule has 0 atom stereocenters. The summed E-state index contributed by atoms with van der Waals surface area (Å²) in [5.41, 5.74) is 1.35. The van der Waals surface area contributed by atoms with Gasteiger partial charge in [0.1, 0.15) is 5.75 Å². The Balaban J connectivity index is 2.36. The number of nitrogens with zero attached hydrogens (tertiary/aromatic N) is 2. The number of aromatic nitrogens is 2. The number of hydrogen-bond acceptors (Lipinski definition) is 4. The second kappa shape index (κ2) is 5.14. The number of carboxylic acids is 1. The van der Waals surface area contributed by atoms with E-state index in [1.165, 1.54) is 6.07 Å². The minimum absolute atomic E-state index is 0.0775. The predicted molar refractivity (Wildman–Crippen MR) is 68.7 cm³/mol. The lowest BCUT2D eigenvalue weighted by atomic mass is 10.1. The van der Waals surface area contributed by atoms with Crippen molar-refractivity contribution in [2.24, 2.45) is 0 Å². The van der Waals surface area contributed by atoms with Crippen LogP contribution in [0.25, 0.3) is 11.3 Å². The maximum Gasteiger partial charge on any atom is 0.356 e. The van der Waals surface area contributed by atoms with E-state index >= 15 is 0 Å². The third-order valence-corrected chi connectivity index (χ3v) is 2.95. The topological polar surface area (TPSA) is 72.3 Å². The Labute approximate surface area is 112 Å². The fourth-order valence-corrected chi connectivity index (χ4v) is 1.97. The molecule has 1 aromatic heterocycles. The molecule has 0 aliphatic heterocycles. The van der Waals surface area contributed by atoms with Crippen LogP contribution in [0.15, 0.2) is 34.8 Å². The van der Waals surface area contributed by atoms with Gasteiger partial charge in [0.2, 0.25) is 0 Å². The molecule has 0 saturated carbocycles. The molecule has 0 bridgehead atoms. The number of hydrogen-bond donors (Lipinski definition) is 1. The highest BCUT2D eigenvalue weighted by Gasteiger charge is 2.08. The first-order chi connectivity index (χ1) is 8.61. The molecule has 0 aliphatic rings. The lowest BCUT2D eigenvalue weighted by Gasteiger charge is -2.05. The van der Waals surface area contributed by atoms with Crippen molar-refractivity contribution in [2.45, 2.75) is 0 Å². The van der Waals surface area contributed by atoms with Gasteiger partial charge in [0, 0.05) is 5.56 Å². The first kappa shape index (κ1) is 12.5. The molecule has 1 heterocycles. The van der Waals surface area contributed by atoms with Crippen LogP contribution < -0.4 is 4.74 Å². The van der Waals surface area contributed by atoms with Crippen LogP contribution in [0, 0.1) is 0 Å². The second-order valence-corrected chi connectivity index (χ2v) is 4.31. The summed E-state index contributed by atoms with van der Waals surface area (Å²) in [6.45, 7) is 0. The molecule has 0 aliphatic carbocycles. The Hall–Kier alpha value is -1.95. The monoisotopic (exact) mass is 308 g/mol. The summed E-state index contributed by atoms with van der Waals surface area (Å²) >= 11 is 3.37. The van der Waals surface area contributed by atoms with Crippen LogP contribution >= 0.6 is 15.9 Å². The molecule has 1 aromatic carbocycles. The average Bonchev–Trinajstić information content (AvgIpc) is 2.38. The van der Waals surface area contributed by atoms with E-state index in [9.17, 15) is 4.79 Å². The summed E-state index contributed by atoms with van der Waals surface area (Å²) in [5, 5.41) is 16.2. The molecule has 0 radical (unpaired) electrons. The van der Waals surface area contributed by atoms with E-state index in [2.05, 4.69) is 26.1 Å². The lowest BCUT2D eigenvalue weighted by Crippen LogP contribution is -2.01. The average molecular weight is 309 g/mol. The standard InChI is InChI=1S/C12H9BrN2O3/c1-18-11-5-2-7(6-8(11)13)9-3-4-10(12(16)17)15-14-9/h2-6H,1H3,(H,16,17). The molecule has 0 amide bonds. The zero-order valence-electron chi connectivity index (χ0n) is 9.42. The molecule has 0 spiro atoms. The number of aromatic carboxylic acids is 1. The van der Waals surface area contributed by atoms with Gasteiger partial charge in [-0.05, 0) is 46.3 Å². The van der Waals surface area contributed by atoms with Crippen molar-refractivity contribution in [3.05, 3.63) is 40.5 Å². The van der Waals surface area contributed by atoms with E-state index in [0.717, 1.165) is 10.0 Å². The van der Waals surface area contributed by atoms with Gasteiger partial charge in [-0.15, -0.1) is 10.2 Å². The van der Waals surface area contributed by atoms with Crippen LogP contribution in [0.1, 0.15) is 10.5 Å². The van der Waals surface area contributed by atoms with Gasteiger partial charge in [0.05, 0.1) is 17.3 Å². The Morgan fingerprint density at radius 3 is 2.56 bits per heavy atom. The zero-order valence-corrected chi connectivity index (χ0v) is 11.0. The highest BCUT2D eigenvalue weighted by molar-refractivity contribution is 9.10. The van der Waals surface area contributed by atoms with E-state index in [1.807, 2.05) is 12.1 Å². The Bertz CT molecular complexity index is 584. The largest absolute Gasteiger partial charge is 0.496 e. The first-order valence-corrected chi connectivity index (χ1v) is 5.82. The van der Waals surface area contributed by atoms with Gasteiger partial charge < -0.3 is 9.84 Å². The van der Waals surface area contributed by atoms with Crippen molar-refractivity contribution in [3.63, 3.8) is 0 Å². The van der Waals surface area contributed by atoms with Gasteiger partial charge in [-0.25, -0.2) is 4.79 Å². The highest BCUT2D eigenvalue weighted by Crippen LogP contribution is 2.29. The van der Waals surface area contributed by atoms with Crippen molar-refractivity contribution < 1.29 is 14.6 Å². The normalized spacial score (nSPS) is 10.1. The molecular weight excluding hydrogens is 300 g/mol. The molecule has 5 nitrogen and oxygen atoms in total. The van der Waals surface area contributed by atoms with Crippen LogP contribution in [0.5, 0.6) is 5.75 Å². The molecule has 2 rings (SSSR count). The van der Waals surface area contributed by atoms with Gasteiger partial charge in [0.15, 0.2) is 5.69 Å². The van der Waals surface area contributed by atoms with E-state index in [1.54, 1.807) is 19.2 Å². The third-order valence-electron chi connectivity index (χ3n) is 2.33. The summed E-state index contributed by atoms with van der Waals surface area (Å²) < 4.78 is 5.92. The maximum absolute atomic E-state index is 10.7. The third kappa shape index (κ3) is 2.48. The van der Waals surface area contributed by atoms with Crippen LogP contribution in [-0.4, -0.2) is 28.4 Å². The van der Waals surface area contributed by atoms with E-state index in [4.69, 9.17) is 9.84 Å². The molecule has 18 heavy (non-hydrogen) atoms. The SMILES string of the molecule is COc1ccc(-c2ccc(C(=O)O)nn2)cc1Br. The van der Waals surface area contributed by atoms with Crippen molar-refractivity contribution >= 4 is 21.9 Å². The number of carbonyl (C=O) groups is 1.